The van der Waals surface area contributed by atoms with Gasteiger partial charge in [-0.3, -0.25) is 4.79 Å². The molecule has 25 heavy (non-hydrogen) atoms. The number of aromatic nitrogens is 4. The lowest BCUT2D eigenvalue weighted by molar-refractivity contribution is -0.157. The Hall–Kier alpha value is -2.07. The lowest BCUT2D eigenvalue weighted by atomic mass is 9.98. The zero-order valence-corrected chi connectivity index (χ0v) is 14.9. The first-order valence-electron chi connectivity index (χ1n) is 7.68. The normalized spacial score (nSPS) is 27.9. The van der Waals surface area contributed by atoms with E-state index in [0.717, 1.165) is 5.69 Å². The summed E-state index contributed by atoms with van der Waals surface area (Å²) in [4.78, 5) is 25.0. The third kappa shape index (κ3) is 2.69. The number of benzene rings is 1. The van der Waals surface area contributed by atoms with Gasteiger partial charge >= 0.3 is 5.97 Å². The Balaban J connectivity index is 1.55. The molecule has 8 nitrogen and oxygen atoms in total. The van der Waals surface area contributed by atoms with Gasteiger partial charge in [0.05, 0.1) is 22.2 Å². The lowest BCUT2D eigenvalue weighted by Crippen LogP contribution is -2.57. The number of tetrazole rings is 1. The summed E-state index contributed by atoms with van der Waals surface area (Å²) in [6.07, 6.45) is 0.413. The zero-order chi connectivity index (χ0) is 17.6. The van der Waals surface area contributed by atoms with Crippen LogP contribution in [-0.2, 0) is 9.59 Å². The van der Waals surface area contributed by atoms with E-state index in [1.54, 1.807) is 16.4 Å². The van der Waals surface area contributed by atoms with Crippen LogP contribution in [0.15, 0.2) is 35.5 Å². The standard InChI is InChI=1S/C15H15N5O3S2/c1-15(12(13(22)23)19-10(21)7-11(19)25-15)8-24-14-16-17-18-20(14)9-5-3-2-4-6-9/h2-6,11-12H,7-8H2,1H3,(H,22,23)/t11-,12-,15-/m0/s1. The first-order chi connectivity index (χ1) is 12.0. The average Bonchev–Trinajstić information content (AvgIpc) is 3.15. The number of carboxylic acid groups (broad SMARTS) is 1. The van der Waals surface area contributed by atoms with Crippen molar-refractivity contribution in [2.45, 2.75) is 34.7 Å². The molecule has 0 radical (unpaired) electrons. The van der Waals surface area contributed by atoms with Crippen LogP contribution in [0.1, 0.15) is 13.3 Å². The molecule has 1 amide bonds. The number of carboxylic acids is 1. The summed E-state index contributed by atoms with van der Waals surface area (Å²) >= 11 is 2.96. The topological polar surface area (TPSA) is 101 Å². The number of fused-ring (bicyclic) bond motifs is 1. The molecule has 0 unspecified atom stereocenters. The molecule has 0 bridgehead atoms. The molecule has 2 aliphatic heterocycles. The molecule has 10 heteroatoms. The van der Waals surface area contributed by atoms with Gasteiger partial charge in [-0.05, 0) is 29.5 Å². The van der Waals surface area contributed by atoms with Crippen molar-refractivity contribution in [3.63, 3.8) is 0 Å². The van der Waals surface area contributed by atoms with E-state index in [9.17, 15) is 14.7 Å². The fourth-order valence-corrected chi connectivity index (χ4v) is 6.11. The van der Waals surface area contributed by atoms with Gasteiger partial charge in [0.2, 0.25) is 11.1 Å². The molecule has 2 aliphatic rings. The summed E-state index contributed by atoms with van der Waals surface area (Å²) in [5.41, 5.74) is 0.841. The number of β-lactam (4-membered cyclic amide) rings is 1. The second kappa shape index (κ2) is 6.03. The van der Waals surface area contributed by atoms with Gasteiger partial charge < -0.3 is 10.0 Å². The number of aliphatic carboxylic acids is 1. The summed E-state index contributed by atoms with van der Waals surface area (Å²) in [5.74, 6) is -0.566. The summed E-state index contributed by atoms with van der Waals surface area (Å²) < 4.78 is 1.03. The average molecular weight is 377 g/mol. The largest absolute Gasteiger partial charge is 0.480 e. The molecule has 1 aromatic carbocycles. The van der Waals surface area contributed by atoms with Crippen LogP contribution in [0.2, 0.25) is 0 Å². The highest BCUT2D eigenvalue weighted by molar-refractivity contribution is 8.04. The van der Waals surface area contributed by atoms with Crippen molar-refractivity contribution in [2.75, 3.05) is 5.75 Å². The summed E-state index contributed by atoms with van der Waals surface area (Å²) in [7, 11) is 0. The summed E-state index contributed by atoms with van der Waals surface area (Å²) in [5, 5.41) is 22.0. The molecule has 0 spiro atoms. The van der Waals surface area contributed by atoms with E-state index in [2.05, 4.69) is 15.5 Å². The number of hydrogen-bond acceptors (Lipinski definition) is 7. The second-order valence-corrected chi connectivity index (χ2v) is 8.78. The highest BCUT2D eigenvalue weighted by Gasteiger charge is 2.60. The van der Waals surface area contributed by atoms with Crippen molar-refractivity contribution in [1.82, 2.24) is 25.1 Å². The number of carbonyl (C=O) groups excluding carboxylic acids is 1. The molecule has 1 N–H and O–H groups in total. The quantitative estimate of drug-likeness (QED) is 0.614. The molecule has 4 rings (SSSR count). The molecular formula is C15H15N5O3S2. The maximum atomic E-state index is 11.8. The van der Waals surface area contributed by atoms with Crippen molar-refractivity contribution in [1.29, 1.82) is 0 Å². The smallest absolute Gasteiger partial charge is 0.327 e. The van der Waals surface area contributed by atoms with E-state index < -0.39 is 16.8 Å². The van der Waals surface area contributed by atoms with Crippen LogP contribution >= 0.6 is 23.5 Å². The molecular weight excluding hydrogens is 362 g/mol. The summed E-state index contributed by atoms with van der Waals surface area (Å²) in [6, 6.07) is 8.69. The van der Waals surface area contributed by atoms with Crippen molar-refractivity contribution in [3.8, 4) is 5.69 Å². The second-order valence-electron chi connectivity index (χ2n) is 6.13. The molecule has 2 saturated heterocycles. The highest BCUT2D eigenvalue weighted by Crippen LogP contribution is 2.52. The fraction of sp³-hybridized carbons (Fsp3) is 0.400. The maximum absolute atomic E-state index is 11.8. The Morgan fingerprint density at radius 3 is 2.88 bits per heavy atom. The van der Waals surface area contributed by atoms with E-state index >= 15 is 0 Å². The molecule has 2 fully saturated rings. The maximum Gasteiger partial charge on any atom is 0.327 e. The predicted molar refractivity (Wildman–Crippen MR) is 92.5 cm³/mol. The van der Waals surface area contributed by atoms with Gasteiger partial charge in [0.15, 0.2) is 0 Å². The number of hydrogen-bond donors (Lipinski definition) is 1. The van der Waals surface area contributed by atoms with Gasteiger partial charge in [-0.2, -0.15) is 4.68 Å². The van der Waals surface area contributed by atoms with Crippen molar-refractivity contribution in [3.05, 3.63) is 30.3 Å². The van der Waals surface area contributed by atoms with Crippen LogP contribution in [0.5, 0.6) is 0 Å². The molecule has 1 aromatic heterocycles. The summed E-state index contributed by atoms with van der Waals surface area (Å²) in [6.45, 7) is 1.89. The third-order valence-corrected chi connectivity index (χ3v) is 7.38. The number of amides is 1. The minimum Gasteiger partial charge on any atom is -0.480 e. The van der Waals surface area contributed by atoms with Gasteiger partial charge in [-0.1, -0.05) is 30.0 Å². The van der Waals surface area contributed by atoms with Gasteiger partial charge in [-0.15, -0.1) is 16.9 Å². The monoisotopic (exact) mass is 377 g/mol. The Labute approximate surface area is 152 Å². The number of nitrogens with zero attached hydrogens (tertiary/aromatic N) is 5. The third-order valence-electron chi connectivity index (χ3n) is 4.37. The molecule has 3 atom stereocenters. The Bertz CT molecular complexity index is 830. The first kappa shape index (κ1) is 16.4. The van der Waals surface area contributed by atoms with Gasteiger partial charge in [0.25, 0.3) is 0 Å². The number of para-hydroxylation sites is 1. The molecule has 0 aliphatic carbocycles. The number of rotatable bonds is 5. The van der Waals surface area contributed by atoms with E-state index in [1.165, 1.54) is 16.7 Å². The van der Waals surface area contributed by atoms with E-state index in [0.29, 0.717) is 17.3 Å². The number of carbonyl (C=O) groups is 2. The van der Waals surface area contributed by atoms with Crippen molar-refractivity contribution in [2.24, 2.45) is 0 Å². The molecule has 130 valence electrons. The van der Waals surface area contributed by atoms with Crippen LogP contribution in [0.3, 0.4) is 0 Å². The minimum absolute atomic E-state index is 0.0377. The van der Waals surface area contributed by atoms with Crippen LogP contribution < -0.4 is 0 Å². The van der Waals surface area contributed by atoms with E-state index in [4.69, 9.17) is 0 Å². The van der Waals surface area contributed by atoms with Crippen LogP contribution in [0.4, 0.5) is 0 Å². The van der Waals surface area contributed by atoms with Crippen molar-refractivity contribution >= 4 is 35.4 Å². The van der Waals surface area contributed by atoms with Crippen molar-refractivity contribution < 1.29 is 14.7 Å². The zero-order valence-electron chi connectivity index (χ0n) is 13.3. The van der Waals surface area contributed by atoms with E-state index in [1.807, 2.05) is 37.3 Å². The SMILES string of the molecule is C[C@@]1(CSc2nnnn2-c2ccccc2)S[C@H]2CC(=O)N2[C@H]1C(=O)O. The highest BCUT2D eigenvalue weighted by atomic mass is 32.2. The van der Waals surface area contributed by atoms with Crippen LogP contribution in [0.25, 0.3) is 5.69 Å². The molecule has 2 aromatic rings. The fourth-order valence-electron chi connectivity index (χ4n) is 3.18. The number of thioether (sulfide) groups is 2. The van der Waals surface area contributed by atoms with Crippen LogP contribution in [0, 0.1) is 0 Å². The van der Waals surface area contributed by atoms with E-state index in [-0.39, 0.29) is 11.3 Å². The Morgan fingerprint density at radius 1 is 1.44 bits per heavy atom. The van der Waals surface area contributed by atoms with Gasteiger partial charge in [0.1, 0.15) is 6.04 Å². The predicted octanol–water partition coefficient (Wildman–Crippen LogP) is 1.27. The minimum atomic E-state index is -0.964. The first-order valence-corrected chi connectivity index (χ1v) is 9.54. The molecule has 3 heterocycles. The Kier molecular flexibility index (Phi) is 3.95. The van der Waals surface area contributed by atoms with Crippen LogP contribution in [-0.4, -0.2) is 64.0 Å². The lowest BCUT2D eigenvalue weighted by Gasteiger charge is -2.36. The van der Waals surface area contributed by atoms with Gasteiger partial charge in [0, 0.05) is 5.75 Å². The molecule has 0 saturated carbocycles. The Morgan fingerprint density at radius 2 is 2.20 bits per heavy atom. The van der Waals surface area contributed by atoms with Gasteiger partial charge in [-0.25, -0.2) is 4.79 Å².